The Labute approximate surface area is 122 Å². The zero-order chi connectivity index (χ0) is 16.1. The van der Waals surface area contributed by atoms with Crippen LogP contribution in [0.2, 0.25) is 0 Å². The Morgan fingerprint density at radius 2 is 1.45 bits per heavy atom. The highest BCUT2D eigenvalue weighted by Crippen LogP contribution is 2.13. The largest absolute Gasteiger partial charge is 0.359 e. The summed E-state index contributed by atoms with van der Waals surface area (Å²) in [6, 6.07) is 0. The van der Waals surface area contributed by atoms with E-state index in [1.807, 2.05) is 0 Å². The Morgan fingerprint density at radius 1 is 1.10 bits per heavy atom. The molecular weight excluding hydrogens is 288 g/mol. The highest BCUT2D eigenvalue weighted by Gasteiger charge is 2.21. The standard InChI is InChI=1S/C11H23N4.ClHO4/c1-12(2)10(13(3)4)9-11-14(5)7-8-15(11)6;2-1(3,4)5/h9H,7-8H2,1-6H3;(H,2,3,4,5)/q+1;/p-1. The second-order valence-corrected chi connectivity index (χ2v) is 5.63. The van der Waals surface area contributed by atoms with Gasteiger partial charge in [-0.2, -0.15) is 0 Å². The topological polar surface area (TPSA) is 105 Å². The third kappa shape index (κ3) is 7.51. The van der Waals surface area contributed by atoms with Gasteiger partial charge in [0.2, 0.25) is 0 Å². The molecule has 0 aliphatic carbocycles. The van der Waals surface area contributed by atoms with E-state index in [1.165, 1.54) is 11.7 Å². The van der Waals surface area contributed by atoms with Crippen LogP contribution in [0.4, 0.5) is 0 Å². The van der Waals surface area contributed by atoms with E-state index in [4.69, 9.17) is 18.6 Å². The molecular formula is C11H23ClN4O4. The molecule has 20 heavy (non-hydrogen) atoms. The van der Waals surface area contributed by atoms with E-state index in [1.54, 1.807) is 0 Å². The number of halogens is 1. The van der Waals surface area contributed by atoms with Gasteiger partial charge in [-0.05, 0) is 0 Å². The first-order valence-corrected chi connectivity index (χ1v) is 7.14. The summed E-state index contributed by atoms with van der Waals surface area (Å²) in [5.41, 5.74) is 0. The normalized spacial score (nSPS) is 14.8. The molecule has 1 rings (SSSR count). The van der Waals surface area contributed by atoms with Crippen LogP contribution in [0.25, 0.3) is 0 Å². The molecule has 1 fully saturated rings. The quantitative estimate of drug-likeness (QED) is 0.272. The number of hydrogen-bond donors (Lipinski definition) is 0. The summed E-state index contributed by atoms with van der Waals surface area (Å²) in [6.07, 6.45) is 2.23. The molecule has 1 aliphatic rings. The first-order chi connectivity index (χ1) is 8.93. The molecule has 0 aromatic rings. The molecule has 0 N–H and O–H groups in total. The summed E-state index contributed by atoms with van der Waals surface area (Å²) in [7, 11) is 7.61. The summed E-state index contributed by atoms with van der Waals surface area (Å²) in [6.45, 7) is 2.22. The number of amidine groups is 1. The van der Waals surface area contributed by atoms with Crippen molar-refractivity contribution in [3.8, 4) is 0 Å². The van der Waals surface area contributed by atoms with Gasteiger partial charge in [0.05, 0.1) is 34.3 Å². The molecule has 0 spiro atoms. The van der Waals surface area contributed by atoms with Gasteiger partial charge in [0.25, 0.3) is 5.84 Å². The Morgan fingerprint density at radius 3 is 1.70 bits per heavy atom. The van der Waals surface area contributed by atoms with Gasteiger partial charge in [0.1, 0.15) is 5.82 Å². The van der Waals surface area contributed by atoms with Gasteiger partial charge in [-0.25, -0.2) is 18.6 Å². The summed E-state index contributed by atoms with van der Waals surface area (Å²) in [5.74, 6) is 2.50. The summed E-state index contributed by atoms with van der Waals surface area (Å²) in [4.78, 5) is 6.70. The molecule has 0 amide bonds. The first-order valence-electron chi connectivity index (χ1n) is 5.90. The zero-order valence-electron chi connectivity index (χ0n) is 12.8. The molecule has 9 heteroatoms. The van der Waals surface area contributed by atoms with E-state index in [2.05, 4.69) is 67.6 Å². The summed E-state index contributed by atoms with van der Waals surface area (Å²) < 4.78 is 36.1. The number of hydrogen-bond acceptors (Lipinski definition) is 6. The third-order valence-electron chi connectivity index (χ3n) is 2.73. The van der Waals surface area contributed by atoms with E-state index in [0.717, 1.165) is 13.1 Å². The summed E-state index contributed by atoms with van der Waals surface area (Å²) >= 11 is 0. The smallest absolute Gasteiger partial charge is 0.274 e. The van der Waals surface area contributed by atoms with Crippen LogP contribution in [0, 0.1) is 10.2 Å². The number of rotatable bonds is 1. The molecule has 118 valence electrons. The molecule has 0 aromatic carbocycles. The Bertz CT molecular complexity index is 357. The molecule has 0 radical (unpaired) electrons. The highest BCUT2D eigenvalue weighted by atomic mass is 35.7. The van der Waals surface area contributed by atoms with Crippen molar-refractivity contribution in [2.24, 2.45) is 0 Å². The van der Waals surface area contributed by atoms with E-state index >= 15 is 0 Å². The SMILES string of the molecule is CN(C)C(C=C1N(C)CCN1C)=[N+](C)C.[O-][Cl+3]([O-])([O-])[O-]. The summed E-state index contributed by atoms with van der Waals surface area (Å²) in [5, 5.41) is 0. The molecule has 1 saturated heterocycles. The fourth-order valence-electron chi connectivity index (χ4n) is 1.81. The minimum atomic E-state index is -4.94. The number of likely N-dealkylation sites (N-methyl/N-ethyl adjacent to an activating group) is 3. The van der Waals surface area contributed by atoms with Gasteiger partial charge in [0.15, 0.2) is 0 Å². The van der Waals surface area contributed by atoms with E-state index in [0.29, 0.717) is 0 Å². The fourth-order valence-corrected chi connectivity index (χ4v) is 1.81. The maximum Gasteiger partial charge on any atom is 0.274 e. The lowest BCUT2D eigenvalue weighted by atomic mass is 10.4. The fraction of sp³-hybridized carbons (Fsp3) is 0.727. The van der Waals surface area contributed by atoms with Crippen molar-refractivity contribution in [2.75, 3.05) is 55.4 Å². The zero-order valence-corrected chi connectivity index (χ0v) is 13.5. The van der Waals surface area contributed by atoms with Crippen molar-refractivity contribution in [3.63, 3.8) is 0 Å². The van der Waals surface area contributed by atoms with Crippen LogP contribution in [0.15, 0.2) is 11.9 Å². The van der Waals surface area contributed by atoms with Crippen LogP contribution in [0.3, 0.4) is 0 Å². The van der Waals surface area contributed by atoms with Crippen LogP contribution in [0.1, 0.15) is 0 Å². The molecule has 0 aromatic heterocycles. The molecule has 0 saturated carbocycles. The van der Waals surface area contributed by atoms with Gasteiger partial charge in [0, 0.05) is 27.2 Å². The monoisotopic (exact) mass is 310 g/mol. The molecule has 1 aliphatic heterocycles. The molecule has 8 nitrogen and oxygen atoms in total. The Hall–Kier alpha value is -1.06. The van der Waals surface area contributed by atoms with Crippen molar-refractivity contribution in [1.82, 2.24) is 14.7 Å². The average molecular weight is 311 g/mol. The lowest BCUT2D eigenvalue weighted by molar-refractivity contribution is -2.00. The van der Waals surface area contributed by atoms with Crippen LogP contribution in [-0.2, 0) is 0 Å². The highest BCUT2D eigenvalue weighted by molar-refractivity contribution is 5.88. The predicted octanol–water partition coefficient (Wildman–Crippen LogP) is -4.82. The van der Waals surface area contributed by atoms with Gasteiger partial charge in [-0.15, -0.1) is 10.2 Å². The minimum absolute atomic E-state index is 1.11. The van der Waals surface area contributed by atoms with E-state index in [9.17, 15) is 0 Å². The predicted molar refractivity (Wildman–Crippen MR) is 64.1 cm³/mol. The molecule has 0 bridgehead atoms. The maximum absolute atomic E-state index is 8.49. The lowest BCUT2D eigenvalue weighted by Crippen LogP contribution is -2.68. The second-order valence-electron chi connectivity index (χ2n) is 4.87. The molecule has 1 heterocycles. The van der Waals surface area contributed by atoms with Gasteiger partial charge in [-0.3, -0.25) is 9.48 Å². The van der Waals surface area contributed by atoms with Gasteiger partial charge >= 0.3 is 0 Å². The Balaban J connectivity index is 0.000000621. The first kappa shape index (κ1) is 18.9. The van der Waals surface area contributed by atoms with Crippen LogP contribution < -0.4 is 18.6 Å². The van der Waals surface area contributed by atoms with Gasteiger partial charge in [-0.1, -0.05) is 0 Å². The molecule has 0 unspecified atom stereocenters. The van der Waals surface area contributed by atoms with Crippen LogP contribution >= 0.6 is 0 Å². The Kier molecular flexibility index (Phi) is 7.25. The van der Waals surface area contributed by atoms with Crippen molar-refractivity contribution in [2.45, 2.75) is 0 Å². The van der Waals surface area contributed by atoms with Crippen molar-refractivity contribution in [1.29, 1.82) is 0 Å². The maximum atomic E-state index is 8.49. The van der Waals surface area contributed by atoms with Gasteiger partial charge < -0.3 is 9.80 Å². The lowest BCUT2D eigenvalue weighted by Gasteiger charge is -2.18. The van der Waals surface area contributed by atoms with Crippen molar-refractivity contribution >= 4 is 5.84 Å². The minimum Gasteiger partial charge on any atom is -0.359 e. The number of nitrogens with zero attached hydrogens (tertiary/aromatic N) is 4. The third-order valence-corrected chi connectivity index (χ3v) is 2.73. The second kappa shape index (κ2) is 7.65. The van der Waals surface area contributed by atoms with E-state index in [-0.39, 0.29) is 0 Å². The molecule has 0 atom stereocenters. The van der Waals surface area contributed by atoms with Crippen molar-refractivity contribution < 1.29 is 33.5 Å². The van der Waals surface area contributed by atoms with Crippen molar-refractivity contribution in [3.05, 3.63) is 11.9 Å². The average Bonchev–Trinajstić information content (AvgIpc) is 2.52. The van der Waals surface area contributed by atoms with Crippen LogP contribution in [0.5, 0.6) is 0 Å². The van der Waals surface area contributed by atoms with Crippen LogP contribution in [-0.4, -0.2) is 80.5 Å². The van der Waals surface area contributed by atoms with E-state index < -0.39 is 10.2 Å².